The average molecular weight is 228 g/mol. The summed E-state index contributed by atoms with van der Waals surface area (Å²) in [7, 11) is 0. The van der Waals surface area contributed by atoms with E-state index < -0.39 is 0 Å². The molecule has 0 aliphatic heterocycles. The summed E-state index contributed by atoms with van der Waals surface area (Å²) in [5.74, 6) is 1.68. The number of hydrogen-bond acceptors (Lipinski definition) is 2. The molecule has 0 bridgehead atoms. The summed E-state index contributed by atoms with van der Waals surface area (Å²) >= 11 is 0. The Balaban J connectivity index is 2.45. The molecule has 0 atom stereocenters. The second kappa shape index (κ2) is 5.17. The van der Waals surface area contributed by atoms with Crippen molar-refractivity contribution < 1.29 is 0 Å². The van der Waals surface area contributed by atoms with Crippen LogP contribution in [0.1, 0.15) is 26.3 Å². The molecule has 2 heteroatoms. The third kappa shape index (κ3) is 2.76. The number of nitrogens with one attached hydrogen (secondary N) is 1. The van der Waals surface area contributed by atoms with Crippen LogP contribution in [0.4, 0.5) is 5.82 Å². The number of rotatable bonds is 4. The van der Waals surface area contributed by atoms with Crippen molar-refractivity contribution in [2.75, 3.05) is 11.9 Å². The van der Waals surface area contributed by atoms with Crippen molar-refractivity contribution in [2.45, 2.75) is 27.2 Å². The maximum Gasteiger partial charge on any atom is 0.133 e. The first-order valence-corrected chi connectivity index (χ1v) is 6.32. The summed E-state index contributed by atoms with van der Waals surface area (Å²) in [6.45, 7) is 7.50. The molecule has 17 heavy (non-hydrogen) atoms. The molecule has 90 valence electrons. The lowest BCUT2D eigenvalue weighted by molar-refractivity contribution is 0.648. The first-order chi connectivity index (χ1) is 8.20. The van der Waals surface area contributed by atoms with E-state index in [-0.39, 0.29) is 0 Å². The Bertz CT molecular complexity index is 503. The van der Waals surface area contributed by atoms with E-state index in [9.17, 15) is 0 Å². The Kier molecular flexibility index (Phi) is 3.62. The lowest BCUT2D eigenvalue weighted by atomic mass is 10.00. The van der Waals surface area contributed by atoms with Crippen LogP contribution in [0.5, 0.6) is 0 Å². The molecule has 1 N–H and O–H groups in total. The number of anilines is 1. The highest BCUT2D eigenvalue weighted by Gasteiger charge is 2.04. The third-order valence-corrected chi connectivity index (χ3v) is 2.82. The fourth-order valence-electron chi connectivity index (χ4n) is 2.12. The first kappa shape index (κ1) is 11.9. The lowest BCUT2D eigenvalue weighted by Crippen LogP contribution is -2.00. The van der Waals surface area contributed by atoms with Gasteiger partial charge in [-0.2, -0.15) is 0 Å². The van der Waals surface area contributed by atoms with Gasteiger partial charge in [0.25, 0.3) is 0 Å². The van der Waals surface area contributed by atoms with Crippen LogP contribution in [-0.4, -0.2) is 11.5 Å². The largest absolute Gasteiger partial charge is 0.370 e. The lowest BCUT2D eigenvalue weighted by Gasteiger charge is -2.10. The van der Waals surface area contributed by atoms with E-state index in [0.717, 1.165) is 18.8 Å². The number of fused-ring (bicyclic) bond motifs is 1. The van der Waals surface area contributed by atoms with E-state index in [2.05, 4.69) is 55.3 Å². The van der Waals surface area contributed by atoms with Gasteiger partial charge in [0.1, 0.15) is 5.82 Å². The quantitative estimate of drug-likeness (QED) is 0.859. The number of hydrogen-bond donors (Lipinski definition) is 1. The van der Waals surface area contributed by atoms with Crippen LogP contribution in [0.3, 0.4) is 0 Å². The van der Waals surface area contributed by atoms with Crippen molar-refractivity contribution in [2.24, 2.45) is 5.92 Å². The van der Waals surface area contributed by atoms with Crippen molar-refractivity contribution in [3.05, 3.63) is 36.0 Å². The minimum atomic E-state index is 0.687. The van der Waals surface area contributed by atoms with Gasteiger partial charge in [-0.15, -0.1) is 0 Å². The van der Waals surface area contributed by atoms with Gasteiger partial charge >= 0.3 is 0 Å². The minimum absolute atomic E-state index is 0.687. The second-order valence-corrected chi connectivity index (χ2v) is 4.84. The smallest absolute Gasteiger partial charge is 0.133 e. The maximum absolute atomic E-state index is 4.41. The minimum Gasteiger partial charge on any atom is -0.370 e. The molecule has 1 aromatic heterocycles. The van der Waals surface area contributed by atoms with Gasteiger partial charge in [0.2, 0.25) is 0 Å². The van der Waals surface area contributed by atoms with Gasteiger partial charge in [-0.3, -0.25) is 0 Å². The zero-order valence-corrected chi connectivity index (χ0v) is 10.8. The van der Waals surface area contributed by atoms with Crippen LogP contribution >= 0.6 is 0 Å². The van der Waals surface area contributed by atoms with Gasteiger partial charge in [0.05, 0.1) is 0 Å². The standard InChI is InChI=1S/C15H20N2/c1-4-16-15-14-10-12(9-11(2)3)5-6-13(14)7-8-17-15/h5-8,10-11H,4,9H2,1-3H3,(H,16,17). The highest BCUT2D eigenvalue weighted by atomic mass is 15.0. The Morgan fingerprint density at radius 3 is 2.76 bits per heavy atom. The summed E-state index contributed by atoms with van der Waals surface area (Å²) in [5.41, 5.74) is 1.39. The molecule has 0 aliphatic rings. The maximum atomic E-state index is 4.41. The third-order valence-electron chi connectivity index (χ3n) is 2.82. The van der Waals surface area contributed by atoms with Crippen LogP contribution < -0.4 is 5.32 Å². The van der Waals surface area contributed by atoms with Gasteiger partial charge in [-0.05, 0) is 42.3 Å². The van der Waals surface area contributed by atoms with Gasteiger partial charge in [-0.1, -0.05) is 26.0 Å². The molecule has 0 amide bonds. The average Bonchev–Trinajstić information content (AvgIpc) is 2.29. The highest BCUT2D eigenvalue weighted by Crippen LogP contribution is 2.23. The molecule has 0 unspecified atom stereocenters. The van der Waals surface area contributed by atoms with Crippen LogP contribution in [0.2, 0.25) is 0 Å². The summed E-state index contributed by atoms with van der Waals surface area (Å²) < 4.78 is 0. The summed E-state index contributed by atoms with van der Waals surface area (Å²) in [5, 5.41) is 5.80. The Morgan fingerprint density at radius 2 is 2.06 bits per heavy atom. The molecular formula is C15H20N2. The Labute approximate surface area is 103 Å². The zero-order chi connectivity index (χ0) is 12.3. The molecule has 0 saturated heterocycles. The predicted octanol–water partition coefficient (Wildman–Crippen LogP) is 3.87. The van der Waals surface area contributed by atoms with Crippen molar-refractivity contribution in [1.82, 2.24) is 4.98 Å². The number of benzene rings is 1. The van der Waals surface area contributed by atoms with Crippen molar-refractivity contribution in [1.29, 1.82) is 0 Å². The van der Waals surface area contributed by atoms with E-state index in [1.54, 1.807) is 0 Å². The highest BCUT2D eigenvalue weighted by molar-refractivity contribution is 5.92. The van der Waals surface area contributed by atoms with Crippen LogP contribution in [-0.2, 0) is 6.42 Å². The van der Waals surface area contributed by atoms with E-state index in [1.165, 1.54) is 16.3 Å². The van der Waals surface area contributed by atoms with Crippen molar-refractivity contribution in [3.8, 4) is 0 Å². The molecular weight excluding hydrogens is 208 g/mol. The molecule has 2 rings (SSSR count). The SMILES string of the molecule is CCNc1nccc2ccc(CC(C)C)cc12. The summed E-state index contributed by atoms with van der Waals surface area (Å²) in [6.07, 6.45) is 2.98. The van der Waals surface area contributed by atoms with Crippen LogP contribution in [0.25, 0.3) is 10.8 Å². The molecule has 0 spiro atoms. The van der Waals surface area contributed by atoms with Crippen LogP contribution in [0, 0.1) is 5.92 Å². The molecule has 1 aromatic carbocycles. The van der Waals surface area contributed by atoms with E-state index in [0.29, 0.717) is 5.92 Å². The number of pyridine rings is 1. The molecule has 0 radical (unpaired) electrons. The normalized spacial score (nSPS) is 11.1. The topological polar surface area (TPSA) is 24.9 Å². The molecule has 0 aliphatic carbocycles. The monoisotopic (exact) mass is 228 g/mol. The molecule has 0 saturated carbocycles. The van der Waals surface area contributed by atoms with Crippen molar-refractivity contribution in [3.63, 3.8) is 0 Å². The van der Waals surface area contributed by atoms with Gasteiger partial charge in [0, 0.05) is 18.1 Å². The van der Waals surface area contributed by atoms with Gasteiger partial charge in [-0.25, -0.2) is 4.98 Å². The Morgan fingerprint density at radius 1 is 1.24 bits per heavy atom. The van der Waals surface area contributed by atoms with Crippen molar-refractivity contribution >= 4 is 16.6 Å². The van der Waals surface area contributed by atoms with Gasteiger partial charge < -0.3 is 5.32 Å². The number of nitrogens with zero attached hydrogens (tertiary/aromatic N) is 1. The fourth-order valence-corrected chi connectivity index (χ4v) is 2.12. The van der Waals surface area contributed by atoms with E-state index >= 15 is 0 Å². The summed E-state index contributed by atoms with van der Waals surface area (Å²) in [6, 6.07) is 8.74. The molecule has 2 nitrogen and oxygen atoms in total. The molecule has 1 heterocycles. The number of aromatic nitrogens is 1. The zero-order valence-electron chi connectivity index (χ0n) is 10.8. The van der Waals surface area contributed by atoms with E-state index in [1.807, 2.05) is 6.20 Å². The Hall–Kier alpha value is -1.57. The molecule has 0 fully saturated rings. The molecule has 2 aromatic rings. The fraction of sp³-hybridized carbons (Fsp3) is 0.400. The summed E-state index contributed by atoms with van der Waals surface area (Å²) in [4.78, 5) is 4.41. The van der Waals surface area contributed by atoms with Crippen LogP contribution in [0.15, 0.2) is 30.5 Å². The van der Waals surface area contributed by atoms with Gasteiger partial charge in [0.15, 0.2) is 0 Å². The second-order valence-electron chi connectivity index (χ2n) is 4.84. The first-order valence-electron chi connectivity index (χ1n) is 6.32. The van der Waals surface area contributed by atoms with E-state index in [4.69, 9.17) is 0 Å². The predicted molar refractivity (Wildman–Crippen MR) is 74.4 cm³/mol.